The van der Waals surface area contributed by atoms with Crippen LogP contribution in [0.1, 0.15) is 16.8 Å². The molecule has 0 unspecified atom stereocenters. The first-order chi connectivity index (χ1) is 12.5. The number of hydrogen-bond donors (Lipinski definition) is 0. The number of imide groups is 1. The Hall–Kier alpha value is -2.42. The quantitative estimate of drug-likeness (QED) is 0.767. The first-order valence-corrected chi connectivity index (χ1v) is 9.07. The van der Waals surface area contributed by atoms with Gasteiger partial charge in [-0.15, -0.1) is 0 Å². The third-order valence-electron chi connectivity index (χ3n) is 4.53. The molecule has 0 bridgehead atoms. The van der Waals surface area contributed by atoms with E-state index in [1.54, 1.807) is 17.0 Å². The van der Waals surface area contributed by atoms with Crippen molar-refractivity contribution in [1.82, 2.24) is 9.80 Å². The summed E-state index contributed by atoms with van der Waals surface area (Å²) in [6, 6.07) is 2.99. The first kappa shape index (κ1) is 18.4. The lowest BCUT2D eigenvalue weighted by molar-refractivity contribution is -0.126. The molecule has 9 heteroatoms. The molecule has 2 saturated heterocycles. The van der Waals surface area contributed by atoms with Crippen LogP contribution in [0.2, 0.25) is 0 Å². The van der Waals surface area contributed by atoms with Crippen LogP contribution in [0.5, 0.6) is 17.2 Å². The molecular formula is C17H20N2O6S. The Kier molecular flexibility index (Phi) is 5.26. The minimum atomic E-state index is -0.278. The standard InChI is InChI=1S/C17H20N2O6S/c1-23-12-5-4-11(14(24-2)15(12)25-3)16(21)18-7-6-10(8-18)19-13(20)9-26-17(19)22/h4-5,10H,6-9H2,1-3H3/t10-/m1/s1. The highest BCUT2D eigenvalue weighted by atomic mass is 32.2. The van der Waals surface area contributed by atoms with Crippen molar-refractivity contribution in [2.24, 2.45) is 0 Å². The monoisotopic (exact) mass is 380 g/mol. The van der Waals surface area contributed by atoms with Gasteiger partial charge < -0.3 is 19.1 Å². The topological polar surface area (TPSA) is 85.4 Å². The highest BCUT2D eigenvalue weighted by molar-refractivity contribution is 8.14. The molecule has 3 rings (SSSR count). The fourth-order valence-electron chi connectivity index (χ4n) is 3.29. The van der Waals surface area contributed by atoms with Crippen molar-refractivity contribution in [2.75, 3.05) is 40.2 Å². The molecule has 2 aliphatic heterocycles. The van der Waals surface area contributed by atoms with Gasteiger partial charge in [-0.05, 0) is 18.6 Å². The molecule has 0 N–H and O–H groups in total. The summed E-state index contributed by atoms with van der Waals surface area (Å²) in [7, 11) is 4.44. The van der Waals surface area contributed by atoms with Gasteiger partial charge in [-0.3, -0.25) is 19.3 Å². The van der Waals surface area contributed by atoms with Crippen LogP contribution in [-0.4, -0.2) is 73.1 Å². The Labute approximate surface area is 155 Å². The Bertz CT molecular complexity index is 737. The molecular weight excluding hydrogens is 360 g/mol. The van der Waals surface area contributed by atoms with Crippen LogP contribution in [0.15, 0.2) is 12.1 Å². The van der Waals surface area contributed by atoms with Crippen LogP contribution in [0.3, 0.4) is 0 Å². The van der Waals surface area contributed by atoms with Crippen molar-refractivity contribution in [3.05, 3.63) is 17.7 Å². The zero-order chi connectivity index (χ0) is 18.8. The van der Waals surface area contributed by atoms with E-state index in [4.69, 9.17) is 14.2 Å². The van der Waals surface area contributed by atoms with E-state index in [0.717, 1.165) is 11.8 Å². The van der Waals surface area contributed by atoms with Crippen molar-refractivity contribution in [2.45, 2.75) is 12.5 Å². The molecule has 1 aromatic carbocycles. The van der Waals surface area contributed by atoms with Gasteiger partial charge in [0.25, 0.3) is 11.1 Å². The maximum Gasteiger partial charge on any atom is 0.289 e. The molecule has 0 saturated carbocycles. The summed E-state index contributed by atoms with van der Waals surface area (Å²) >= 11 is 1.01. The summed E-state index contributed by atoms with van der Waals surface area (Å²) < 4.78 is 15.9. The second kappa shape index (κ2) is 7.45. The van der Waals surface area contributed by atoms with Gasteiger partial charge in [-0.25, -0.2) is 0 Å². The van der Waals surface area contributed by atoms with Gasteiger partial charge in [0.05, 0.1) is 38.7 Å². The number of methoxy groups -OCH3 is 3. The molecule has 8 nitrogen and oxygen atoms in total. The predicted molar refractivity (Wildman–Crippen MR) is 95.1 cm³/mol. The van der Waals surface area contributed by atoms with Crippen LogP contribution in [-0.2, 0) is 4.79 Å². The summed E-state index contributed by atoms with van der Waals surface area (Å²) in [5, 5.41) is -0.238. The number of thioether (sulfide) groups is 1. The van der Waals surface area contributed by atoms with E-state index < -0.39 is 0 Å². The van der Waals surface area contributed by atoms with Crippen molar-refractivity contribution >= 4 is 28.8 Å². The van der Waals surface area contributed by atoms with E-state index in [9.17, 15) is 14.4 Å². The average molecular weight is 380 g/mol. The number of nitrogens with zero attached hydrogens (tertiary/aromatic N) is 2. The largest absolute Gasteiger partial charge is 0.493 e. The van der Waals surface area contributed by atoms with Crippen LogP contribution in [0.25, 0.3) is 0 Å². The number of rotatable bonds is 5. The lowest BCUT2D eigenvalue weighted by Gasteiger charge is -2.23. The van der Waals surface area contributed by atoms with Crippen molar-refractivity contribution in [3.8, 4) is 17.2 Å². The molecule has 1 aromatic rings. The third-order valence-corrected chi connectivity index (χ3v) is 5.37. The number of benzene rings is 1. The van der Waals surface area contributed by atoms with Gasteiger partial charge in [0.2, 0.25) is 11.7 Å². The van der Waals surface area contributed by atoms with Gasteiger partial charge in [0.15, 0.2) is 11.5 Å². The van der Waals surface area contributed by atoms with Crippen LogP contribution < -0.4 is 14.2 Å². The number of hydrogen-bond acceptors (Lipinski definition) is 7. The fourth-order valence-corrected chi connectivity index (χ4v) is 4.07. The average Bonchev–Trinajstić information content (AvgIpc) is 3.25. The second-order valence-electron chi connectivity index (χ2n) is 5.89. The zero-order valence-corrected chi connectivity index (χ0v) is 15.6. The molecule has 0 radical (unpaired) electrons. The van der Waals surface area contributed by atoms with Crippen molar-refractivity contribution in [1.29, 1.82) is 0 Å². The summed E-state index contributed by atoms with van der Waals surface area (Å²) in [4.78, 5) is 39.7. The molecule has 1 atom stereocenters. The Balaban J connectivity index is 1.82. The SMILES string of the molecule is COc1ccc(C(=O)N2CC[C@@H](N3C(=O)CSC3=O)C2)c(OC)c1OC. The Morgan fingerprint density at radius 1 is 1.12 bits per heavy atom. The summed E-state index contributed by atoms with van der Waals surface area (Å²) in [6.45, 7) is 0.775. The lowest BCUT2D eigenvalue weighted by Crippen LogP contribution is -2.41. The molecule has 0 aromatic heterocycles. The zero-order valence-electron chi connectivity index (χ0n) is 14.8. The number of ether oxygens (including phenoxy) is 3. The van der Waals surface area contributed by atoms with Crippen LogP contribution >= 0.6 is 11.8 Å². The van der Waals surface area contributed by atoms with Crippen molar-refractivity contribution in [3.63, 3.8) is 0 Å². The fraction of sp³-hybridized carbons (Fsp3) is 0.471. The summed E-state index contributed by atoms with van der Waals surface area (Å²) in [5.74, 6) is 0.847. The summed E-state index contributed by atoms with van der Waals surface area (Å²) in [5.41, 5.74) is 0.347. The smallest absolute Gasteiger partial charge is 0.289 e. The molecule has 2 fully saturated rings. The van der Waals surface area contributed by atoms with Gasteiger partial charge in [-0.2, -0.15) is 0 Å². The highest BCUT2D eigenvalue weighted by Crippen LogP contribution is 2.40. The number of carbonyl (C=O) groups is 3. The lowest BCUT2D eigenvalue weighted by atomic mass is 10.1. The molecule has 3 amide bonds. The van der Waals surface area contributed by atoms with Gasteiger partial charge >= 0.3 is 0 Å². The van der Waals surface area contributed by atoms with E-state index in [0.29, 0.717) is 42.3 Å². The predicted octanol–water partition coefficient (Wildman–Crippen LogP) is 1.62. The maximum absolute atomic E-state index is 13.0. The minimum absolute atomic E-state index is 0.173. The van der Waals surface area contributed by atoms with Crippen LogP contribution in [0.4, 0.5) is 4.79 Å². The molecule has 26 heavy (non-hydrogen) atoms. The molecule has 0 spiro atoms. The van der Waals surface area contributed by atoms with E-state index >= 15 is 0 Å². The Morgan fingerprint density at radius 3 is 2.42 bits per heavy atom. The molecule has 140 valence electrons. The van der Waals surface area contributed by atoms with E-state index in [2.05, 4.69) is 0 Å². The van der Waals surface area contributed by atoms with Gasteiger partial charge in [0, 0.05) is 13.1 Å². The van der Waals surface area contributed by atoms with Gasteiger partial charge in [0.1, 0.15) is 0 Å². The minimum Gasteiger partial charge on any atom is -0.493 e. The van der Waals surface area contributed by atoms with E-state index in [1.165, 1.54) is 26.2 Å². The van der Waals surface area contributed by atoms with E-state index in [1.807, 2.05) is 0 Å². The number of amides is 3. The molecule has 2 heterocycles. The maximum atomic E-state index is 13.0. The van der Waals surface area contributed by atoms with Gasteiger partial charge in [-0.1, -0.05) is 11.8 Å². The third kappa shape index (κ3) is 3.07. The van der Waals surface area contributed by atoms with Crippen molar-refractivity contribution < 1.29 is 28.6 Å². The summed E-state index contributed by atoms with van der Waals surface area (Å²) in [6.07, 6.45) is 0.569. The normalized spacial score (nSPS) is 19.9. The van der Waals surface area contributed by atoms with Crippen LogP contribution in [0, 0.1) is 0 Å². The second-order valence-corrected chi connectivity index (χ2v) is 6.82. The first-order valence-electron chi connectivity index (χ1n) is 8.08. The molecule has 2 aliphatic rings. The number of carbonyl (C=O) groups excluding carboxylic acids is 3. The van der Waals surface area contributed by atoms with E-state index in [-0.39, 0.29) is 28.8 Å². The molecule has 0 aliphatic carbocycles. The highest BCUT2D eigenvalue weighted by Gasteiger charge is 2.40. The Morgan fingerprint density at radius 2 is 1.85 bits per heavy atom. The number of likely N-dealkylation sites (tertiary alicyclic amines) is 1.